The Hall–Kier alpha value is -2.57. The molecule has 5 rings (SSSR count). The van der Waals surface area contributed by atoms with Crippen molar-refractivity contribution in [3.05, 3.63) is 59.7 Å². The van der Waals surface area contributed by atoms with Gasteiger partial charge in [-0.15, -0.1) is 0 Å². The van der Waals surface area contributed by atoms with Gasteiger partial charge < -0.3 is 23.7 Å². The minimum atomic E-state index is -0.106. The first-order valence-corrected chi connectivity index (χ1v) is 12.1. The first-order valence-electron chi connectivity index (χ1n) is 12.1. The van der Waals surface area contributed by atoms with Gasteiger partial charge in [0.25, 0.3) is 0 Å². The van der Waals surface area contributed by atoms with Crippen molar-refractivity contribution < 1.29 is 28.5 Å². The third-order valence-electron chi connectivity index (χ3n) is 6.54. The van der Waals surface area contributed by atoms with Crippen LogP contribution in [0.15, 0.2) is 48.5 Å². The number of benzene rings is 2. The first kappa shape index (κ1) is 22.2. The summed E-state index contributed by atoms with van der Waals surface area (Å²) < 4.78 is 27.5. The largest absolute Gasteiger partial charge is 0.491 e. The second-order valence-electron chi connectivity index (χ2n) is 9.21. The van der Waals surface area contributed by atoms with Gasteiger partial charge in [0, 0.05) is 6.42 Å². The van der Waals surface area contributed by atoms with Crippen LogP contribution in [0.5, 0.6) is 11.5 Å². The molecule has 0 aromatic heterocycles. The van der Waals surface area contributed by atoms with Gasteiger partial charge in [-0.2, -0.15) is 0 Å². The molecular weight excluding hydrogens is 420 g/mol. The van der Waals surface area contributed by atoms with Crippen LogP contribution in [0, 0.1) is 0 Å². The number of carbonyl (C=O) groups is 1. The van der Waals surface area contributed by atoms with E-state index >= 15 is 0 Å². The quantitative estimate of drug-likeness (QED) is 0.371. The molecule has 2 heterocycles. The van der Waals surface area contributed by atoms with Crippen LogP contribution in [0.1, 0.15) is 49.1 Å². The molecule has 176 valence electrons. The van der Waals surface area contributed by atoms with Crippen molar-refractivity contribution in [2.75, 3.05) is 26.4 Å². The van der Waals surface area contributed by atoms with E-state index < -0.39 is 0 Å². The van der Waals surface area contributed by atoms with Gasteiger partial charge >= 0.3 is 5.97 Å². The van der Waals surface area contributed by atoms with Crippen LogP contribution in [-0.4, -0.2) is 50.7 Å². The molecule has 2 aliphatic heterocycles. The molecule has 2 aromatic carbocycles. The number of esters is 1. The highest BCUT2D eigenvalue weighted by molar-refractivity contribution is 5.70. The predicted octanol–water partition coefficient (Wildman–Crippen LogP) is 4.44. The zero-order valence-electron chi connectivity index (χ0n) is 18.9. The molecule has 1 saturated carbocycles. The molecule has 0 spiro atoms. The topological polar surface area (TPSA) is 69.8 Å². The zero-order valence-corrected chi connectivity index (χ0v) is 18.9. The molecule has 2 unspecified atom stereocenters. The minimum absolute atomic E-state index is 0.0373. The Kier molecular flexibility index (Phi) is 7.12. The summed E-state index contributed by atoms with van der Waals surface area (Å²) in [6.07, 6.45) is 5.58. The molecule has 3 fully saturated rings. The smallest absolute Gasteiger partial charge is 0.306 e. The molecule has 0 amide bonds. The van der Waals surface area contributed by atoms with Crippen LogP contribution < -0.4 is 9.47 Å². The molecule has 6 nitrogen and oxygen atoms in total. The summed E-state index contributed by atoms with van der Waals surface area (Å²) in [5, 5.41) is 0. The number of ether oxygens (including phenoxy) is 5. The lowest BCUT2D eigenvalue weighted by atomic mass is 9.83. The zero-order chi connectivity index (χ0) is 22.5. The van der Waals surface area contributed by atoms with Gasteiger partial charge in [0.05, 0.1) is 13.2 Å². The summed E-state index contributed by atoms with van der Waals surface area (Å²) in [4.78, 5) is 12.4. The Labute approximate surface area is 195 Å². The number of carbonyl (C=O) groups excluding carboxylic acids is 1. The highest BCUT2D eigenvalue weighted by atomic mass is 16.6. The second-order valence-corrected chi connectivity index (χ2v) is 9.21. The Morgan fingerprint density at radius 1 is 0.788 bits per heavy atom. The summed E-state index contributed by atoms with van der Waals surface area (Å²) in [7, 11) is 0. The lowest BCUT2D eigenvalue weighted by Crippen LogP contribution is -2.24. The van der Waals surface area contributed by atoms with Gasteiger partial charge in [0.2, 0.25) is 0 Å². The maximum absolute atomic E-state index is 12.4. The average Bonchev–Trinajstić information content (AvgIpc) is 3.77. The lowest BCUT2D eigenvalue weighted by molar-refractivity contribution is -0.150. The molecule has 0 bridgehead atoms. The van der Waals surface area contributed by atoms with Gasteiger partial charge in [0.15, 0.2) is 0 Å². The van der Waals surface area contributed by atoms with Crippen molar-refractivity contribution >= 4 is 5.97 Å². The van der Waals surface area contributed by atoms with Crippen molar-refractivity contribution in [1.82, 2.24) is 0 Å². The fourth-order valence-electron chi connectivity index (χ4n) is 4.30. The van der Waals surface area contributed by atoms with Gasteiger partial charge in [-0.1, -0.05) is 24.3 Å². The van der Waals surface area contributed by atoms with Gasteiger partial charge in [-0.3, -0.25) is 4.79 Å². The van der Waals surface area contributed by atoms with E-state index in [2.05, 4.69) is 12.1 Å². The predicted molar refractivity (Wildman–Crippen MR) is 123 cm³/mol. The van der Waals surface area contributed by atoms with Crippen molar-refractivity contribution in [3.63, 3.8) is 0 Å². The molecule has 0 radical (unpaired) electrons. The fraction of sp³-hybridized carbons (Fsp3) is 0.519. The highest BCUT2D eigenvalue weighted by Gasteiger charge is 2.26. The normalized spacial score (nSPS) is 25.8. The van der Waals surface area contributed by atoms with E-state index in [9.17, 15) is 4.79 Å². The van der Waals surface area contributed by atoms with E-state index in [0.29, 0.717) is 32.0 Å². The summed E-state index contributed by atoms with van der Waals surface area (Å²) in [6, 6.07) is 16.3. The second kappa shape index (κ2) is 10.6. The van der Waals surface area contributed by atoms with E-state index in [1.165, 1.54) is 5.56 Å². The number of aryl methyl sites for hydroxylation is 1. The average molecular weight is 453 g/mol. The Morgan fingerprint density at radius 2 is 1.33 bits per heavy atom. The van der Waals surface area contributed by atoms with Crippen LogP contribution in [-0.2, 0) is 25.4 Å². The van der Waals surface area contributed by atoms with E-state index in [4.69, 9.17) is 23.7 Å². The monoisotopic (exact) mass is 452 g/mol. The first-order chi connectivity index (χ1) is 16.2. The van der Waals surface area contributed by atoms with E-state index in [1.54, 1.807) is 0 Å². The number of hydrogen-bond donors (Lipinski definition) is 0. The molecule has 33 heavy (non-hydrogen) atoms. The Balaban J connectivity index is 0.993. The maximum Gasteiger partial charge on any atom is 0.306 e. The Morgan fingerprint density at radius 3 is 1.88 bits per heavy atom. The van der Waals surface area contributed by atoms with Crippen LogP contribution >= 0.6 is 0 Å². The molecule has 1 aliphatic carbocycles. The van der Waals surface area contributed by atoms with Gasteiger partial charge in [-0.05, 0) is 73.4 Å². The Bertz CT molecular complexity index is 893. The number of hydrogen-bond acceptors (Lipinski definition) is 6. The van der Waals surface area contributed by atoms with Gasteiger partial charge in [0.1, 0.15) is 43.0 Å². The van der Waals surface area contributed by atoms with Crippen LogP contribution in [0.2, 0.25) is 0 Å². The molecule has 3 aliphatic rings. The third-order valence-corrected chi connectivity index (χ3v) is 6.54. The van der Waals surface area contributed by atoms with Crippen molar-refractivity contribution in [2.24, 2.45) is 0 Å². The van der Waals surface area contributed by atoms with E-state index in [-0.39, 0.29) is 24.3 Å². The van der Waals surface area contributed by atoms with Crippen LogP contribution in [0.3, 0.4) is 0 Å². The van der Waals surface area contributed by atoms with Crippen molar-refractivity contribution in [3.8, 4) is 11.5 Å². The summed E-state index contributed by atoms with van der Waals surface area (Å²) in [5.41, 5.74) is 2.45. The molecular formula is C27H32O6. The van der Waals surface area contributed by atoms with E-state index in [1.807, 2.05) is 36.4 Å². The molecule has 0 N–H and O–H groups in total. The molecule has 6 heteroatoms. The molecule has 2 aromatic rings. The SMILES string of the molecule is O=C(CCc1ccc(OCC2CO2)cc1)O[C@H]1CC[C@H](c2ccc(OCC3CO3)cc2)CC1. The standard InChI is InChI=1S/C27H32O6/c28-27(14-3-19-1-8-22(9-2-19)29-15-25-17-31-25)33-24-12-6-21(7-13-24)20-4-10-23(11-5-20)30-16-26-18-32-26/h1-2,4-5,8-11,21,24-26H,3,6-7,12-18H2/t21-,24-,25?,26?. The minimum Gasteiger partial charge on any atom is -0.491 e. The number of rotatable bonds is 11. The van der Waals surface area contributed by atoms with Crippen LogP contribution in [0.4, 0.5) is 0 Å². The summed E-state index contributed by atoms with van der Waals surface area (Å²) in [5.74, 6) is 2.15. The number of epoxide rings is 2. The van der Waals surface area contributed by atoms with E-state index in [0.717, 1.165) is 56.0 Å². The lowest BCUT2D eigenvalue weighted by Gasteiger charge is -2.28. The molecule has 2 saturated heterocycles. The third kappa shape index (κ3) is 6.95. The van der Waals surface area contributed by atoms with Crippen molar-refractivity contribution in [1.29, 1.82) is 0 Å². The summed E-state index contributed by atoms with van der Waals surface area (Å²) >= 11 is 0. The molecule has 2 atom stereocenters. The summed E-state index contributed by atoms with van der Waals surface area (Å²) in [6.45, 7) is 2.84. The van der Waals surface area contributed by atoms with Gasteiger partial charge in [-0.25, -0.2) is 0 Å². The van der Waals surface area contributed by atoms with Crippen LogP contribution in [0.25, 0.3) is 0 Å². The maximum atomic E-state index is 12.4. The fourth-order valence-corrected chi connectivity index (χ4v) is 4.30. The van der Waals surface area contributed by atoms with Crippen molar-refractivity contribution in [2.45, 2.75) is 62.8 Å². The highest BCUT2D eigenvalue weighted by Crippen LogP contribution is 2.35.